The van der Waals surface area contributed by atoms with Gasteiger partial charge in [0.15, 0.2) is 0 Å². The molecule has 0 heterocycles. The molecule has 0 unspecified atom stereocenters. The van der Waals surface area contributed by atoms with E-state index in [0.29, 0.717) is 30.8 Å². The third-order valence-corrected chi connectivity index (χ3v) is 7.67. The van der Waals surface area contributed by atoms with E-state index in [1.807, 2.05) is 49.9 Å². The third kappa shape index (κ3) is 4.70. The highest BCUT2D eigenvalue weighted by atomic mass is 32.2. The van der Waals surface area contributed by atoms with Gasteiger partial charge in [0.05, 0.1) is 4.90 Å². The second-order valence-corrected chi connectivity index (χ2v) is 9.63. The first-order valence-electron chi connectivity index (χ1n) is 10.2. The molecular formula is C23H30N2O3S. The molecule has 1 amide bonds. The lowest BCUT2D eigenvalue weighted by molar-refractivity contribution is 0.0729. The average Bonchev–Trinajstić information content (AvgIpc) is 3.53. The third-order valence-electron chi connectivity index (χ3n) is 5.48. The van der Waals surface area contributed by atoms with Crippen LogP contribution in [0.5, 0.6) is 0 Å². The van der Waals surface area contributed by atoms with Crippen molar-refractivity contribution in [2.75, 3.05) is 13.1 Å². The van der Waals surface area contributed by atoms with E-state index >= 15 is 0 Å². The second kappa shape index (κ2) is 8.67. The molecule has 5 nitrogen and oxygen atoms in total. The van der Waals surface area contributed by atoms with Crippen molar-refractivity contribution >= 4 is 15.9 Å². The quantitative estimate of drug-likeness (QED) is 0.652. The number of nitrogens with zero attached hydrogens (tertiary/aromatic N) is 2. The molecule has 0 bridgehead atoms. The number of hydrogen-bond donors (Lipinski definition) is 0. The van der Waals surface area contributed by atoms with Gasteiger partial charge in [-0.1, -0.05) is 49.7 Å². The summed E-state index contributed by atoms with van der Waals surface area (Å²) in [6, 6.07) is 13.4. The van der Waals surface area contributed by atoms with Gasteiger partial charge in [0.25, 0.3) is 5.91 Å². The zero-order valence-corrected chi connectivity index (χ0v) is 18.5. The topological polar surface area (TPSA) is 57.7 Å². The molecule has 29 heavy (non-hydrogen) atoms. The average molecular weight is 415 g/mol. The molecule has 1 saturated carbocycles. The van der Waals surface area contributed by atoms with Crippen LogP contribution in [0.1, 0.15) is 53.7 Å². The van der Waals surface area contributed by atoms with Crippen molar-refractivity contribution in [1.29, 1.82) is 0 Å². The monoisotopic (exact) mass is 414 g/mol. The van der Waals surface area contributed by atoms with Crippen LogP contribution in [-0.4, -0.2) is 42.7 Å². The number of aryl methyl sites for hydroxylation is 2. The van der Waals surface area contributed by atoms with Crippen molar-refractivity contribution in [1.82, 2.24) is 9.21 Å². The zero-order valence-electron chi connectivity index (χ0n) is 17.7. The molecule has 156 valence electrons. The fourth-order valence-corrected chi connectivity index (χ4v) is 5.23. The van der Waals surface area contributed by atoms with Crippen molar-refractivity contribution in [2.24, 2.45) is 0 Å². The van der Waals surface area contributed by atoms with E-state index in [1.54, 1.807) is 25.1 Å². The molecule has 1 aliphatic carbocycles. The lowest BCUT2D eigenvalue weighted by atomic mass is 10.1. The minimum atomic E-state index is -3.62. The highest BCUT2D eigenvalue weighted by Crippen LogP contribution is 2.31. The number of hydrogen-bond acceptors (Lipinski definition) is 3. The summed E-state index contributed by atoms with van der Waals surface area (Å²) in [5, 5.41) is 0. The Kier molecular flexibility index (Phi) is 6.44. The number of carbonyl (C=O) groups excluding carboxylic acids is 1. The summed E-state index contributed by atoms with van der Waals surface area (Å²) >= 11 is 0. The predicted octanol–water partition coefficient (Wildman–Crippen LogP) is 4.14. The van der Waals surface area contributed by atoms with E-state index in [9.17, 15) is 13.2 Å². The molecule has 0 atom stereocenters. The van der Waals surface area contributed by atoms with Crippen molar-refractivity contribution < 1.29 is 13.2 Å². The van der Waals surface area contributed by atoms with E-state index in [2.05, 4.69) is 0 Å². The first-order chi connectivity index (χ1) is 13.8. The lowest BCUT2D eigenvalue weighted by Gasteiger charge is -2.24. The van der Waals surface area contributed by atoms with Gasteiger partial charge < -0.3 is 4.90 Å². The SMILES string of the molecule is CCN(CC)S(=O)(=O)c1cc(C(=O)N(Cc2ccc(C)cc2)C2CC2)ccc1C. The number of rotatable bonds is 8. The molecule has 2 aromatic carbocycles. The van der Waals surface area contributed by atoms with Crippen LogP contribution >= 0.6 is 0 Å². The van der Waals surface area contributed by atoms with Gasteiger partial charge in [-0.05, 0) is 49.9 Å². The van der Waals surface area contributed by atoms with Gasteiger partial charge >= 0.3 is 0 Å². The molecule has 1 fully saturated rings. The molecular weight excluding hydrogens is 384 g/mol. The molecule has 6 heteroatoms. The normalized spacial score (nSPS) is 14.2. The van der Waals surface area contributed by atoms with Crippen LogP contribution < -0.4 is 0 Å². The van der Waals surface area contributed by atoms with E-state index in [4.69, 9.17) is 0 Å². The smallest absolute Gasteiger partial charge is 0.254 e. The number of sulfonamides is 1. The number of carbonyl (C=O) groups is 1. The van der Waals surface area contributed by atoms with E-state index in [1.165, 1.54) is 9.87 Å². The lowest BCUT2D eigenvalue weighted by Crippen LogP contribution is -2.33. The Balaban J connectivity index is 1.92. The molecule has 0 N–H and O–H groups in total. The van der Waals surface area contributed by atoms with Gasteiger partial charge in [-0.2, -0.15) is 4.31 Å². The van der Waals surface area contributed by atoms with Crippen LogP contribution in [0.3, 0.4) is 0 Å². The standard InChI is InChI=1S/C23H30N2O3S/c1-5-24(6-2)29(27,28)22-15-20(12-9-18(22)4)23(26)25(21-13-14-21)16-19-10-7-17(3)8-11-19/h7-12,15,21H,5-6,13-14,16H2,1-4H3. The predicted molar refractivity (Wildman–Crippen MR) is 115 cm³/mol. The van der Waals surface area contributed by atoms with E-state index < -0.39 is 10.0 Å². The van der Waals surface area contributed by atoms with Crippen LogP contribution in [0.25, 0.3) is 0 Å². The van der Waals surface area contributed by atoms with Crippen molar-refractivity contribution in [3.05, 3.63) is 64.7 Å². The number of amides is 1. The summed E-state index contributed by atoms with van der Waals surface area (Å²) in [7, 11) is -3.62. The maximum Gasteiger partial charge on any atom is 0.254 e. The van der Waals surface area contributed by atoms with Gasteiger partial charge in [0.2, 0.25) is 10.0 Å². The molecule has 0 spiro atoms. The highest BCUT2D eigenvalue weighted by molar-refractivity contribution is 7.89. The van der Waals surface area contributed by atoms with Gasteiger partial charge in [-0.25, -0.2) is 8.42 Å². The molecule has 0 saturated heterocycles. The Morgan fingerprint density at radius 1 is 1.00 bits per heavy atom. The molecule has 2 aromatic rings. The zero-order chi connectivity index (χ0) is 21.2. The van der Waals surface area contributed by atoms with Gasteiger partial charge in [-0.3, -0.25) is 4.79 Å². The molecule has 3 rings (SSSR count). The van der Waals surface area contributed by atoms with Crippen molar-refractivity contribution in [3.63, 3.8) is 0 Å². The maximum atomic E-state index is 13.3. The molecule has 0 radical (unpaired) electrons. The van der Waals surface area contributed by atoms with Crippen molar-refractivity contribution in [3.8, 4) is 0 Å². The van der Waals surface area contributed by atoms with Gasteiger partial charge in [-0.15, -0.1) is 0 Å². The van der Waals surface area contributed by atoms with Gasteiger partial charge in [0, 0.05) is 31.2 Å². The van der Waals surface area contributed by atoms with Crippen LogP contribution in [-0.2, 0) is 16.6 Å². The largest absolute Gasteiger partial charge is 0.331 e. The fraction of sp³-hybridized carbons (Fsp3) is 0.435. The van der Waals surface area contributed by atoms with Crippen molar-refractivity contribution in [2.45, 2.75) is 58.0 Å². The summed E-state index contributed by atoms with van der Waals surface area (Å²) in [4.78, 5) is 15.4. The minimum Gasteiger partial charge on any atom is -0.331 e. The maximum absolute atomic E-state index is 13.3. The molecule has 0 aliphatic heterocycles. The first-order valence-corrected chi connectivity index (χ1v) is 11.7. The summed E-state index contributed by atoms with van der Waals surface area (Å²) in [5.74, 6) is -0.107. The van der Waals surface area contributed by atoms with Crippen LogP contribution in [0.15, 0.2) is 47.4 Å². The Bertz CT molecular complexity index is 976. The number of benzene rings is 2. The highest BCUT2D eigenvalue weighted by Gasteiger charge is 2.34. The van der Waals surface area contributed by atoms with Gasteiger partial charge in [0.1, 0.15) is 0 Å². The second-order valence-electron chi connectivity index (χ2n) is 7.72. The van der Waals surface area contributed by atoms with Crippen LogP contribution in [0.2, 0.25) is 0 Å². The molecule has 0 aromatic heterocycles. The summed E-state index contributed by atoms with van der Waals surface area (Å²) in [5.41, 5.74) is 3.35. The summed E-state index contributed by atoms with van der Waals surface area (Å²) in [6.45, 7) is 8.79. The molecule has 1 aliphatic rings. The Labute approximate surface area is 174 Å². The van der Waals surface area contributed by atoms with Crippen LogP contribution in [0, 0.1) is 13.8 Å². The Morgan fingerprint density at radius 3 is 2.17 bits per heavy atom. The fourth-order valence-electron chi connectivity index (χ4n) is 3.52. The van der Waals surface area contributed by atoms with Crippen LogP contribution in [0.4, 0.5) is 0 Å². The first kappa shape index (κ1) is 21.5. The van der Waals surface area contributed by atoms with E-state index in [-0.39, 0.29) is 16.8 Å². The Morgan fingerprint density at radius 2 is 1.62 bits per heavy atom. The minimum absolute atomic E-state index is 0.107. The Hall–Kier alpha value is -2.18. The summed E-state index contributed by atoms with van der Waals surface area (Å²) < 4.78 is 27.5. The van der Waals surface area contributed by atoms with E-state index in [0.717, 1.165) is 18.4 Å². The summed E-state index contributed by atoms with van der Waals surface area (Å²) in [6.07, 6.45) is 1.99.